The average Bonchev–Trinajstić information content (AvgIpc) is 3.14. The van der Waals surface area contributed by atoms with E-state index < -0.39 is 0 Å². The second-order valence-electron chi connectivity index (χ2n) is 6.49. The van der Waals surface area contributed by atoms with Gasteiger partial charge in [-0.15, -0.1) is 0 Å². The van der Waals surface area contributed by atoms with Crippen molar-refractivity contribution in [3.63, 3.8) is 0 Å². The Morgan fingerprint density at radius 2 is 1.70 bits per heavy atom. The van der Waals surface area contributed by atoms with Gasteiger partial charge in [0.05, 0.1) is 6.61 Å². The van der Waals surface area contributed by atoms with Crippen molar-refractivity contribution >= 4 is 16.6 Å². The molecule has 136 valence electrons. The molecule has 0 fully saturated rings. The van der Waals surface area contributed by atoms with Crippen LogP contribution in [0, 0.1) is 0 Å². The van der Waals surface area contributed by atoms with E-state index in [9.17, 15) is 5.11 Å². The summed E-state index contributed by atoms with van der Waals surface area (Å²) in [5.41, 5.74) is 5.14. The smallest absolute Gasteiger partial charge is 0.124 e. The van der Waals surface area contributed by atoms with Crippen molar-refractivity contribution in [1.82, 2.24) is 4.98 Å². The number of anilines is 1. The zero-order valence-electron chi connectivity index (χ0n) is 15.0. The SMILES string of the molecule is OCc1cc2cc(NCc3ccccc3OCc3ccccc3)ccc2[nH]1. The van der Waals surface area contributed by atoms with E-state index in [2.05, 4.69) is 34.6 Å². The van der Waals surface area contributed by atoms with Crippen LogP contribution >= 0.6 is 0 Å². The molecule has 0 bridgehead atoms. The molecule has 0 aliphatic heterocycles. The maximum absolute atomic E-state index is 9.26. The summed E-state index contributed by atoms with van der Waals surface area (Å²) in [5, 5.41) is 13.8. The predicted molar refractivity (Wildman–Crippen MR) is 109 cm³/mol. The molecule has 27 heavy (non-hydrogen) atoms. The predicted octanol–water partition coefficient (Wildman–Crippen LogP) is 4.85. The number of hydrogen-bond donors (Lipinski definition) is 3. The lowest BCUT2D eigenvalue weighted by molar-refractivity contribution is 0.278. The van der Waals surface area contributed by atoms with Crippen molar-refractivity contribution in [2.75, 3.05) is 5.32 Å². The first-order valence-corrected chi connectivity index (χ1v) is 9.03. The van der Waals surface area contributed by atoms with Gasteiger partial charge >= 0.3 is 0 Å². The molecule has 0 amide bonds. The minimum Gasteiger partial charge on any atom is -0.489 e. The summed E-state index contributed by atoms with van der Waals surface area (Å²) in [4.78, 5) is 3.19. The van der Waals surface area contributed by atoms with E-state index in [1.54, 1.807) is 0 Å². The summed E-state index contributed by atoms with van der Waals surface area (Å²) >= 11 is 0. The van der Waals surface area contributed by atoms with E-state index in [-0.39, 0.29) is 6.61 Å². The number of para-hydroxylation sites is 1. The van der Waals surface area contributed by atoms with Crippen LogP contribution in [0.5, 0.6) is 5.75 Å². The van der Waals surface area contributed by atoms with Gasteiger partial charge in [-0.05, 0) is 35.9 Å². The lowest BCUT2D eigenvalue weighted by Crippen LogP contribution is -2.03. The topological polar surface area (TPSA) is 57.3 Å². The van der Waals surface area contributed by atoms with Crippen LogP contribution in [-0.2, 0) is 19.8 Å². The van der Waals surface area contributed by atoms with Gasteiger partial charge in [-0.3, -0.25) is 0 Å². The summed E-state index contributed by atoms with van der Waals surface area (Å²) < 4.78 is 6.03. The summed E-state index contributed by atoms with van der Waals surface area (Å²) in [7, 11) is 0. The second kappa shape index (κ2) is 7.98. The maximum Gasteiger partial charge on any atom is 0.124 e. The highest BCUT2D eigenvalue weighted by Crippen LogP contribution is 2.23. The van der Waals surface area contributed by atoms with Gasteiger partial charge in [0.1, 0.15) is 12.4 Å². The Morgan fingerprint density at radius 3 is 2.56 bits per heavy atom. The molecule has 0 spiro atoms. The van der Waals surface area contributed by atoms with E-state index in [0.717, 1.165) is 39.2 Å². The fourth-order valence-corrected chi connectivity index (χ4v) is 3.11. The number of aliphatic hydroxyl groups is 1. The van der Waals surface area contributed by atoms with Gasteiger partial charge in [0.25, 0.3) is 0 Å². The fourth-order valence-electron chi connectivity index (χ4n) is 3.11. The van der Waals surface area contributed by atoms with E-state index in [4.69, 9.17) is 4.74 Å². The molecule has 4 rings (SSSR count). The highest BCUT2D eigenvalue weighted by molar-refractivity contribution is 5.84. The Hall–Kier alpha value is -3.24. The largest absolute Gasteiger partial charge is 0.489 e. The number of hydrogen-bond acceptors (Lipinski definition) is 3. The molecule has 0 aliphatic rings. The highest BCUT2D eigenvalue weighted by atomic mass is 16.5. The lowest BCUT2D eigenvalue weighted by atomic mass is 10.1. The molecular weight excluding hydrogens is 336 g/mol. The van der Waals surface area contributed by atoms with Crippen LogP contribution in [0.4, 0.5) is 5.69 Å². The molecule has 4 aromatic rings. The standard InChI is InChI=1S/C23H22N2O2/c26-15-21-13-19-12-20(10-11-22(19)25-21)24-14-18-8-4-5-9-23(18)27-16-17-6-2-1-3-7-17/h1-13,24-26H,14-16H2. The fraction of sp³-hybridized carbons (Fsp3) is 0.130. The third kappa shape index (κ3) is 4.13. The monoisotopic (exact) mass is 358 g/mol. The van der Waals surface area contributed by atoms with Gasteiger partial charge in [-0.2, -0.15) is 0 Å². The van der Waals surface area contributed by atoms with Gasteiger partial charge in [0.15, 0.2) is 0 Å². The molecule has 1 aromatic heterocycles. The minimum absolute atomic E-state index is 0.0174. The van der Waals surface area contributed by atoms with Crippen molar-refractivity contribution in [2.24, 2.45) is 0 Å². The normalized spacial score (nSPS) is 10.9. The van der Waals surface area contributed by atoms with Crippen LogP contribution in [0.25, 0.3) is 10.9 Å². The average molecular weight is 358 g/mol. The highest BCUT2D eigenvalue weighted by Gasteiger charge is 2.05. The molecule has 0 radical (unpaired) electrons. The lowest BCUT2D eigenvalue weighted by Gasteiger charge is -2.13. The molecule has 0 unspecified atom stereocenters. The summed E-state index contributed by atoms with van der Waals surface area (Å²) in [6.07, 6.45) is 0. The van der Waals surface area contributed by atoms with E-state index in [1.165, 1.54) is 0 Å². The molecule has 0 atom stereocenters. The van der Waals surface area contributed by atoms with Crippen molar-refractivity contribution in [3.8, 4) is 5.75 Å². The van der Waals surface area contributed by atoms with Gasteiger partial charge in [-0.1, -0.05) is 48.5 Å². The van der Waals surface area contributed by atoms with Crippen molar-refractivity contribution in [3.05, 3.63) is 95.7 Å². The summed E-state index contributed by atoms with van der Waals surface area (Å²) in [6.45, 7) is 1.24. The zero-order chi connectivity index (χ0) is 18.5. The maximum atomic E-state index is 9.26. The molecule has 0 saturated carbocycles. The number of fused-ring (bicyclic) bond motifs is 1. The number of rotatable bonds is 7. The Morgan fingerprint density at radius 1 is 0.889 bits per heavy atom. The van der Waals surface area contributed by atoms with Crippen LogP contribution in [-0.4, -0.2) is 10.1 Å². The number of aromatic amines is 1. The molecule has 1 heterocycles. The first kappa shape index (κ1) is 17.2. The summed E-state index contributed by atoms with van der Waals surface area (Å²) in [5.74, 6) is 0.888. The van der Waals surface area contributed by atoms with Gasteiger partial charge < -0.3 is 20.1 Å². The quantitative estimate of drug-likeness (QED) is 0.442. The molecule has 3 aromatic carbocycles. The van der Waals surface area contributed by atoms with Crippen LogP contribution in [0.2, 0.25) is 0 Å². The van der Waals surface area contributed by atoms with E-state index >= 15 is 0 Å². The number of nitrogens with one attached hydrogen (secondary N) is 2. The van der Waals surface area contributed by atoms with Crippen LogP contribution in [0.3, 0.4) is 0 Å². The molecule has 4 heteroatoms. The molecule has 3 N–H and O–H groups in total. The third-order valence-corrected chi connectivity index (χ3v) is 4.54. The number of benzene rings is 3. The number of aromatic nitrogens is 1. The van der Waals surface area contributed by atoms with Crippen LogP contribution in [0.1, 0.15) is 16.8 Å². The Kier molecular flexibility index (Phi) is 5.08. The molecule has 0 aliphatic carbocycles. The third-order valence-electron chi connectivity index (χ3n) is 4.54. The number of aliphatic hydroxyl groups excluding tert-OH is 1. The number of H-pyrrole nitrogens is 1. The number of ether oxygens (including phenoxy) is 1. The summed E-state index contributed by atoms with van der Waals surface area (Å²) in [6, 6.07) is 26.4. The van der Waals surface area contributed by atoms with Gasteiger partial charge in [0, 0.05) is 34.4 Å². The molecular formula is C23H22N2O2. The Labute approximate surface area is 158 Å². The Balaban J connectivity index is 1.45. The first-order chi connectivity index (χ1) is 13.3. The Bertz CT molecular complexity index is 1020. The van der Waals surface area contributed by atoms with Crippen LogP contribution < -0.4 is 10.1 Å². The van der Waals surface area contributed by atoms with Crippen molar-refractivity contribution in [2.45, 2.75) is 19.8 Å². The van der Waals surface area contributed by atoms with E-state index in [1.807, 2.05) is 54.6 Å². The van der Waals surface area contributed by atoms with Crippen LogP contribution in [0.15, 0.2) is 78.9 Å². The molecule has 0 saturated heterocycles. The second-order valence-corrected chi connectivity index (χ2v) is 6.49. The first-order valence-electron chi connectivity index (χ1n) is 9.03. The van der Waals surface area contributed by atoms with Gasteiger partial charge in [0.2, 0.25) is 0 Å². The minimum atomic E-state index is 0.0174. The van der Waals surface area contributed by atoms with E-state index in [0.29, 0.717) is 13.2 Å². The van der Waals surface area contributed by atoms with Gasteiger partial charge in [-0.25, -0.2) is 0 Å². The zero-order valence-corrected chi connectivity index (χ0v) is 15.0. The van der Waals surface area contributed by atoms with Crippen molar-refractivity contribution < 1.29 is 9.84 Å². The van der Waals surface area contributed by atoms with Crippen molar-refractivity contribution in [1.29, 1.82) is 0 Å². The molecule has 4 nitrogen and oxygen atoms in total.